The van der Waals surface area contributed by atoms with Crippen molar-refractivity contribution in [1.82, 2.24) is 14.7 Å². The van der Waals surface area contributed by atoms with E-state index in [1.165, 1.54) is 6.20 Å². The van der Waals surface area contributed by atoms with Crippen LogP contribution in [0, 0.1) is 10.1 Å². The van der Waals surface area contributed by atoms with Crippen molar-refractivity contribution in [2.45, 2.75) is 19.5 Å². The van der Waals surface area contributed by atoms with Gasteiger partial charge in [0, 0.05) is 6.54 Å². The van der Waals surface area contributed by atoms with Crippen LogP contribution in [0.3, 0.4) is 0 Å². The van der Waals surface area contributed by atoms with Crippen LogP contribution in [-0.4, -0.2) is 33.2 Å². The molecule has 2 heterocycles. The molecule has 0 saturated heterocycles. The lowest BCUT2D eigenvalue weighted by molar-refractivity contribution is -0.386. The van der Waals surface area contributed by atoms with Gasteiger partial charge in [0.15, 0.2) is 0 Å². The summed E-state index contributed by atoms with van der Waals surface area (Å²) in [7, 11) is 1.96. The van der Waals surface area contributed by atoms with Crippen molar-refractivity contribution in [2.24, 2.45) is 0 Å². The second-order valence-corrected chi connectivity index (χ2v) is 3.55. The van der Waals surface area contributed by atoms with E-state index in [0.29, 0.717) is 5.69 Å². The molecule has 0 bridgehead atoms. The van der Waals surface area contributed by atoms with Gasteiger partial charge in [-0.15, -0.1) is 0 Å². The monoisotopic (exact) mass is 196 g/mol. The molecular formula is C8H12N4O2. The Morgan fingerprint density at radius 1 is 1.64 bits per heavy atom. The van der Waals surface area contributed by atoms with Crippen LogP contribution < -0.4 is 0 Å². The Kier molecular flexibility index (Phi) is 1.99. The van der Waals surface area contributed by atoms with Gasteiger partial charge >= 0.3 is 5.69 Å². The topological polar surface area (TPSA) is 64.2 Å². The Morgan fingerprint density at radius 2 is 2.36 bits per heavy atom. The van der Waals surface area contributed by atoms with Crippen molar-refractivity contribution < 1.29 is 4.92 Å². The van der Waals surface area contributed by atoms with E-state index < -0.39 is 0 Å². The molecule has 1 aromatic heterocycles. The smallest absolute Gasteiger partial charge is 0.296 e. The highest BCUT2D eigenvalue weighted by molar-refractivity contribution is 5.36. The van der Waals surface area contributed by atoms with Crippen LogP contribution in [0.15, 0.2) is 6.20 Å². The first-order valence-corrected chi connectivity index (χ1v) is 4.51. The Bertz CT molecular complexity index is 373. The maximum Gasteiger partial charge on any atom is 0.311 e. The summed E-state index contributed by atoms with van der Waals surface area (Å²) in [4.78, 5) is 12.4. The van der Waals surface area contributed by atoms with Gasteiger partial charge in [-0.1, -0.05) is 0 Å². The van der Waals surface area contributed by atoms with Gasteiger partial charge < -0.3 is 0 Å². The van der Waals surface area contributed by atoms with Gasteiger partial charge in [0.1, 0.15) is 11.9 Å². The second-order valence-electron chi connectivity index (χ2n) is 3.55. The normalized spacial score (nSPS) is 22.0. The van der Waals surface area contributed by atoms with E-state index in [4.69, 9.17) is 0 Å². The van der Waals surface area contributed by atoms with Gasteiger partial charge in [-0.2, -0.15) is 5.10 Å². The summed E-state index contributed by atoms with van der Waals surface area (Å²) >= 11 is 0. The molecule has 1 aliphatic heterocycles. The number of fused-ring (bicyclic) bond motifs is 1. The van der Waals surface area contributed by atoms with Crippen LogP contribution in [0.5, 0.6) is 0 Å². The Labute approximate surface area is 81.3 Å². The Morgan fingerprint density at radius 3 is 3.00 bits per heavy atom. The van der Waals surface area contributed by atoms with Crippen molar-refractivity contribution in [1.29, 1.82) is 0 Å². The predicted octanol–water partition coefficient (Wildman–Crippen LogP) is 0.798. The number of likely N-dealkylation sites (N-methyl/N-ethyl adjacent to an activating group) is 1. The van der Waals surface area contributed by atoms with E-state index in [9.17, 15) is 10.1 Å². The summed E-state index contributed by atoms with van der Waals surface area (Å²) < 4.78 is 1.72. The second kappa shape index (κ2) is 3.06. The fourth-order valence-corrected chi connectivity index (χ4v) is 1.79. The molecule has 1 atom stereocenters. The molecule has 0 aliphatic carbocycles. The van der Waals surface area contributed by atoms with E-state index in [0.717, 1.165) is 13.1 Å². The van der Waals surface area contributed by atoms with E-state index in [-0.39, 0.29) is 16.7 Å². The molecule has 1 aromatic rings. The SMILES string of the molecule is CC1c2c([N+](=O)[O-])cnn2CCN1C. The van der Waals surface area contributed by atoms with Crippen molar-refractivity contribution in [3.63, 3.8) is 0 Å². The highest BCUT2D eigenvalue weighted by Gasteiger charge is 2.30. The average Bonchev–Trinajstić information content (AvgIpc) is 2.55. The molecule has 1 unspecified atom stereocenters. The number of hydrogen-bond donors (Lipinski definition) is 0. The molecule has 0 aromatic carbocycles. The molecule has 6 heteroatoms. The highest BCUT2D eigenvalue weighted by atomic mass is 16.6. The van der Waals surface area contributed by atoms with Crippen LogP contribution in [-0.2, 0) is 6.54 Å². The Balaban J connectivity index is 2.49. The number of nitrogens with zero attached hydrogens (tertiary/aromatic N) is 4. The molecule has 0 radical (unpaired) electrons. The molecule has 76 valence electrons. The lowest BCUT2D eigenvalue weighted by Gasteiger charge is -2.29. The largest absolute Gasteiger partial charge is 0.311 e. The molecule has 0 saturated carbocycles. The average molecular weight is 196 g/mol. The first kappa shape index (κ1) is 9.14. The first-order valence-electron chi connectivity index (χ1n) is 4.51. The molecule has 0 amide bonds. The maximum atomic E-state index is 10.7. The van der Waals surface area contributed by atoms with Gasteiger partial charge in [-0.3, -0.25) is 19.7 Å². The number of hydrogen-bond acceptors (Lipinski definition) is 4. The number of aromatic nitrogens is 2. The summed E-state index contributed by atoms with van der Waals surface area (Å²) in [6.07, 6.45) is 1.34. The molecule has 0 fully saturated rings. The highest BCUT2D eigenvalue weighted by Crippen LogP contribution is 2.30. The Hall–Kier alpha value is -1.43. The van der Waals surface area contributed by atoms with Crippen molar-refractivity contribution in [3.05, 3.63) is 22.0 Å². The van der Waals surface area contributed by atoms with Crippen LogP contribution >= 0.6 is 0 Å². The van der Waals surface area contributed by atoms with Gasteiger partial charge in [0.25, 0.3) is 0 Å². The minimum atomic E-state index is -0.367. The van der Waals surface area contributed by atoms with E-state index in [1.54, 1.807) is 4.68 Å². The van der Waals surface area contributed by atoms with Gasteiger partial charge in [-0.05, 0) is 14.0 Å². The van der Waals surface area contributed by atoms with Crippen LogP contribution in [0.1, 0.15) is 18.7 Å². The zero-order valence-electron chi connectivity index (χ0n) is 8.17. The van der Waals surface area contributed by atoms with Gasteiger partial charge in [0.2, 0.25) is 0 Å². The molecule has 0 N–H and O–H groups in total. The summed E-state index contributed by atoms with van der Waals surface area (Å²) in [6.45, 7) is 3.57. The van der Waals surface area contributed by atoms with Crippen molar-refractivity contribution >= 4 is 5.69 Å². The molecule has 0 spiro atoms. The number of nitro groups is 1. The fraction of sp³-hybridized carbons (Fsp3) is 0.625. The lowest BCUT2D eigenvalue weighted by atomic mass is 10.1. The zero-order valence-corrected chi connectivity index (χ0v) is 8.17. The quantitative estimate of drug-likeness (QED) is 0.492. The zero-order chi connectivity index (χ0) is 10.3. The van der Waals surface area contributed by atoms with Crippen molar-refractivity contribution in [2.75, 3.05) is 13.6 Å². The summed E-state index contributed by atoms with van der Waals surface area (Å²) in [5.41, 5.74) is 0.841. The predicted molar refractivity (Wildman–Crippen MR) is 49.9 cm³/mol. The third-order valence-electron chi connectivity index (χ3n) is 2.78. The van der Waals surface area contributed by atoms with E-state index in [2.05, 4.69) is 10.00 Å². The van der Waals surface area contributed by atoms with Crippen LogP contribution in [0.2, 0.25) is 0 Å². The standard InChI is InChI=1S/C8H12N4O2/c1-6-8-7(12(13)14)5-9-11(8)4-3-10(6)2/h5-6H,3-4H2,1-2H3. The van der Waals surface area contributed by atoms with Crippen molar-refractivity contribution in [3.8, 4) is 0 Å². The molecule has 2 rings (SSSR count). The van der Waals surface area contributed by atoms with Gasteiger partial charge in [-0.25, -0.2) is 0 Å². The lowest BCUT2D eigenvalue weighted by Crippen LogP contribution is -2.34. The summed E-state index contributed by atoms with van der Waals surface area (Å²) in [5.74, 6) is 0. The van der Waals surface area contributed by atoms with Crippen LogP contribution in [0.4, 0.5) is 5.69 Å². The first-order chi connectivity index (χ1) is 6.61. The third kappa shape index (κ3) is 1.19. The summed E-state index contributed by atoms with van der Waals surface area (Å²) in [6, 6.07) is 0.0617. The minimum Gasteiger partial charge on any atom is -0.296 e. The molecular weight excluding hydrogens is 184 g/mol. The van der Waals surface area contributed by atoms with Crippen LogP contribution in [0.25, 0.3) is 0 Å². The molecule has 14 heavy (non-hydrogen) atoms. The molecule has 1 aliphatic rings. The molecule has 6 nitrogen and oxygen atoms in total. The maximum absolute atomic E-state index is 10.7. The fourth-order valence-electron chi connectivity index (χ4n) is 1.79. The third-order valence-corrected chi connectivity index (χ3v) is 2.78. The summed E-state index contributed by atoms with van der Waals surface area (Å²) in [5, 5.41) is 14.7. The van der Waals surface area contributed by atoms with E-state index >= 15 is 0 Å². The van der Waals surface area contributed by atoms with E-state index in [1.807, 2.05) is 14.0 Å². The minimum absolute atomic E-state index is 0.0617. The van der Waals surface area contributed by atoms with Gasteiger partial charge in [0.05, 0.1) is 17.5 Å². The number of rotatable bonds is 1.